The number of fused-ring (bicyclic) bond motifs is 2. The van der Waals surface area contributed by atoms with Crippen LogP contribution in [-0.4, -0.2) is 13.1 Å². The summed E-state index contributed by atoms with van der Waals surface area (Å²) in [5, 5.41) is 1.48. The second-order valence-electron chi connectivity index (χ2n) is 8.13. The van der Waals surface area contributed by atoms with Crippen LogP contribution in [0.3, 0.4) is 0 Å². The van der Waals surface area contributed by atoms with Crippen molar-refractivity contribution in [3.8, 4) is 22.3 Å². The number of anilines is 1. The van der Waals surface area contributed by atoms with Gasteiger partial charge in [-0.2, -0.15) is 0 Å². The molecule has 0 amide bonds. The monoisotopic (exact) mass is 593 g/mol. The summed E-state index contributed by atoms with van der Waals surface area (Å²) in [5.74, 6) is 0. The lowest BCUT2D eigenvalue weighted by atomic mass is 9.97. The lowest BCUT2D eigenvalue weighted by Gasteiger charge is -2.21. The van der Waals surface area contributed by atoms with Gasteiger partial charge in [0.05, 0.1) is 10.0 Å². The van der Waals surface area contributed by atoms with Gasteiger partial charge in [0.2, 0.25) is 0 Å². The topological polar surface area (TPSA) is 63.7 Å². The summed E-state index contributed by atoms with van der Waals surface area (Å²) in [6.07, 6.45) is 0. The average Bonchev–Trinajstić information content (AvgIpc) is 2.85. The fourth-order valence-corrected chi connectivity index (χ4v) is 5.76. The molecule has 35 heavy (non-hydrogen) atoms. The van der Waals surface area contributed by atoms with Crippen LogP contribution >= 0.6 is 31.9 Å². The Balaban J connectivity index is 1.72. The summed E-state index contributed by atoms with van der Waals surface area (Å²) in [6.45, 7) is 6.07. The maximum atomic E-state index is 13.0. The first-order valence-electron chi connectivity index (χ1n) is 11.2. The van der Waals surface area contributed by atoms with Gasteiger partial charge in [-0.1, -0.05) is 46.3 Å². The fraction of sp³-hybridized carbons (Fsp3) is 0.143. The van der Waals surface area contributed by atoms with Crippen LogP contribution in [0.15, 0.2) is 94.1 Å². The number of hydrogen-bond acceptors (Lipinski definition) is 5. The molecular weight excluding hydrogens is 574 g/mol. The highest BCUT2D eigenvalue weighted by atomic mass is 79.9. The molecule has 5 nitrogen and oxygen atoms in total. The number of nitrogens with zero attached hydrogens (tertiary/aromatic N) is 1. The number of rotatable bonds is 5. The van der Waals surface area contributed by atoms with Crippen molar-refractivity contribution in [3.05, 3.63) is 96.5 Å². The van der Waals surface area contributed by atoms with Crippen LogP contribution < -0.4 is 16.2 Å². The molecule has 0 aliphatic carbocycles. The maximum absolute atomic E-state index is 13.0. The maximum Gasteiger partial charge on any atom is 0.344 e. The molecular formula is C28H21Br2NO4. The highest BCUT2D eigenvalue weighted by Gasteiger charge is 2.17. The Morgan fingerprint density at radius 1 is 0.771 bits per heavy atom. The molecule has 5 rings (SSSR count). The first kappa shape index (κ1) is 23.6. The third-order valence-corrected chi connectivity index (χ3v) is 7.17. The average molecular weight is 595 g/mol. The zero-order valence-corrected chi connectivity index (χ0v) is 22.3. The molecule has 0 spiro atoms. The van der Waals surface area contributed by atoms with E-state index in [-0.39, 0.29) is 0 Å². The summed E-state index contributed by atoms with van der Waals surface area (Å²) >= 11 is 6.92. The van der Waals surface area contributed by atoms with E-state index in [4.69, 9.17) is 8.83 Å². The van der Waals surface area contributed by atoms with E-state index in [1.54, 1.807) is 12.1 Å². The summed E-state index contributed by atoms with van der Waals surface area (Å²) in [4.78, 5) is 27.9. The smallest absolute Gasteiger partial charge is 0.344 e. The lowest BCUT2D eigenvalue weighted by Crippen LogP contribution is -2.21. The Kier molecular flexibility index (Phi) is 6.38. The van der Waals surface area contributed by atoms with Gasteiger partial charge in [-0.05, 0) is 71.2 Å². The molecule has 0 bridgehead atoms. The molecule has 0 unspecified atom stereocenters. The molecule has 0 aliphatic heterocycles. The predicted molar refractivity (Wildman–Crippen MR) is 148 cm³/mol. The summed E-state index contributed by atoms with van der Waals surface area (Å²) < 4.78 is 12.8. The molecule has 5 aromatic rings. The van der Waals surface area contributed by atoms with E-state index in [1.165, 1.54) is 6.07 Å². The molecule has 2 heterocycles. The third kappa shape index (κ3) is 4.34. The number of para-hydroxylation sites is 1. The van der Waals surface area contributed by atoms with Gasteiger partial charge in [0.15, 0.2) is 5.58 Å². The third-order valence-electron chi connectivity index (χ3n) is 6.12. The summed E-state index contributed by atoms with van der Waals surface area (Å²) in [5.41, 5.74) is 3.42. The fourth-order valence-electron chi connectivity index (χ4n) is 4.42. The van der Waals surface area contributed by atoms with E-state index in [0.29, 0.717) is 26.8 Å². The molecule has 176 valence electrons. The molecule has 7 heteroatoms. The first-order chi connectivity index (χ1) is 16.9. The van der Waals surface area contributed by atoms with Gasteiger partial charge in [0, 0.05) is 45.7 Å². The minimum atomic E-state index is -0.510. The number of benzene rings is 3. The van der Waals surface area contributed by atoms with Crippen molar-refractivity contribution in [1.82, 2.24) is 0 Å². The van der Waals surface area contributed by atoms with Crippen LogP contribution in [0.4, 0.5) is 5.69 Å². The van der Waals surface area contributed by atoms with E-state index in [9.17, 15) is 9.59 Å². The van der Waals surface area contributed by atoms with Gasteiger partial charge in [-0.25, -0.2) is 9.59 Å². The SMILES string of the molecule is CCN(CC)c1ccc(-c2cc(=O)oc3c(-c4cc5cc(Br)cc(Br)c5oc4=O)cccc23)cc1. The number of halogens is 2. The zero-order valence-electron chi connectivity index (χ0n) is 19.1. The van der Waals surface area contributed by atoms with Gasteiger partial charge < -0.3 is 13.7 Å². The van der Waals surface area contributed by atoms with Crippen LogP contribution in [0.5, 0.6) is 0 Å². The molecule has 0 aliphatic rings. The Hall–Kier alpha value is -3.16. The minimum absolute atomic E-state index is 0.324. The van der Waals surface area contributed by atoms with E-state index >= 15 is 0 Å². The highest BCUT2D eigenvalue weighted by Crippen LogP contribution is 2.35. The second-order valence-corrected chi connectivity index (χ2v) is 9.90. The van der Waals surface area contributed by atoms with E-state index in [0.717, 1.165) is 45.1 Å². The van der Waals surface area contributed by atoms with Crippen molar-refractivity contribution in [1.29, 1.82) is 0 Å². The standard InChI is InChI=1S/C28H21Br2NO4/c1-3-31(4-2)19-10-8-16(9-11-19)22-15-25(32)34-27-20(22)6-5-7-21(27)23-13-17-12-18(29)14-24(30)26(17)35-28(23)33/h5-15H,3-4H2,1-2H3. The Bertz CT molecular complexity index is 1680. The van der Waals surface area contributed by atoms with Crippen LogP contribution in [0, 0.1) is 0 Å². The Morgan fingerprint density at radius 3 is 2.23 bits per heavy atom. The predicted octanol–water partition coefficient (Wildman–Crippen LogP) is 7.60. The van der Waals surface area contributed by atoms with Gasteiger partial charge in [0.25, 0.3) is 0 Å². The van der Waals surface area contributed by atoms with Crippen molar-refractivity contribution < 1.29 is 8.83 Å². The van der Waals surface area contributed by atoms with E-state index < -0.39 is 11.3 Å². The van der Waals surface area contributed by atoms with Gasteiger partial charge in [0.1, 0.15) is 5.58 Å². The molecule has 0 N–H and O–H groups in total. The van der Waals surface area contributed by atoms with E-state index in [1.807, 2.05) is 36.4 Å². The number of hydrogen-bond donors (Lipinski definition) is 0. The van der Waals surface area contributed by atoms with E-state index in [2.05, 4.69) is 62.7 Å². The minimum Gasteiger partial charge on any atom is -0.422 e. The molecule has 2 aromatic heterocycles. The Labute approximate surface area is 218 Å². The van der Waals surface area contributed by atoms with Gasteiger partial charge in [-0.15, -0.1) is 0 Å². The summed E-state index contributed by atoms with van der Waals surface area (Å²) in [7, 11) is 0. The van der Waals surface area contributed by atoms with Crippen molar-refractivity contribution in [2.75, 3.05) is 18.0 Å². The van der Waals surface area contributed by atoms with Crippen LogP contribution in [0.2, 0.25) is 0 Å². The van der Waals surface area contributed by atoms with Gasteiger partial charge in [-0.3, -0.25) is 0 Å². The largest absolute Gasteiger partial charge is 0.422 e. The second kappa shape index (κ2) is 9.47. The quantitative estimate of drug-likeness (QED) is 0.196. The molecule has 0 saturated carbocycles. The molecule has 0 radical (unpaired) electrons. The molecule has 3 aromatic carbocycles. The van der Waals surface area contributed by atoms with Crippen LogP contribution in [-0.2, 0) is 0 Å². The zero-order chi connectivity index (χ0) is 24.7. The highest BCUT2D eigenvalue weighted by molar-refractivity contribution is 9.11. The molecule has 0 saturated heterocycles. The van der Waals surface area contributed by atoms with Crippen molar-refractivity contribution >= 4 is 59.5 Å². The first-order valence-corrected chi connectivity index (χ1v) is 12.8. The van der Waals surface area contributed by atoms with Gasteiger partial charge >= 0.3 is 11.3 Å². The summed E-state index contributed by atoms with van der Waals surface area (Å²) in [6, 6.07) is 20.6. The van der Waals surface area contributed by atoms with Crippen molar-refractivity contribution in [2.24, 2.45) is 0 Å². The molecule has 0 fully saturated rings. The van der Waals surface area contributed by atoms with Crippen molar-refractivity contribution in [2.45, 2.75) is 13.8 Å². The van der Waals surface area contributed by atoms with Crippen molar-refractivity contribution in [3.63, 3.8) is 0 Å². The Morgan fingerprint density at radius 2 is 1.51 bits per heavy atom. The van der Waals surface area contributed by atoms with Crippen LogP contribution in [0.1, 0.15) is 13.8 Å². The lowest BCUT2D eigenvalue weighted by molar-refractivity contribution is 0.555. The normalized spacial score (nSPS) is 11.3. The van der Waals surface area contributed by atoms with Crippen LogP contribution in [0.25, 0.3) is 44.2 Å². The molecule has 0 atom stereocenters.